The smallest absolute Gasteiger partial charge is 0.181 e. The van der Waals surface area contributed by atoms with Gasteiger partial charge in [-0.05, 0) is 49.2 Å². The Morgan fingerprint density at radius 2 is 1.86 bits per heavy atom. The van der Waals surface area contributed by atoms with Crippen molar-refractivity contribution in [3.05, 3.63) is 71.7 Å². The van der Waals surface area contributed by atoms with Gasteiger partial charge < -0.3 is 9.73 Å². The van der Waals surface area contributed by atoms with Crippen molar-refractivity contribution in [3.63, 3.8) is 0 Å². The largest absolute Gasteiger partial charge is 0.444 e. The molecule has 2 aromatic carbocycles. The van der Waals surface area contributed by atoms with Crippen molar-refractivity contribution in [3.8, 4) is 11.3 Å². The highest BCUT2D eigenvalue weighted by Crippen LogP contribution is 2.21. The molecular formula is C18H18N2O. The number of hydrogen-bond donors (Lipinski definition) is 1. The molecule has 3 rings (SSSR count). The van der Waals surface area contributed by atoms with E-state index in [0.29, 0.717) is 0 Å². The molecule has 0 fully saturated rings. The van der Waals surface area contributed by atoms with Crippen LogP contribution in [0.4, 0.5) is 5.69 Å². The Balaban J connectivity index is 1.68. The minimum Gasteiger partial charge on any atom is -0.444 e. The fraction of sp³-hybridized carbons (Fsp3) is 0.167. The predicted molar refractivity (Wildman–Crippen MR) is 85.2 cm³/mol. The standard InChI is InChI=1S/C18H18N2O/c1-13-3-4-16(14(2)9-13)10-20-17-7-5-15(6-8-17)18-11-19-12-21-18/h3-9,11-12,20H,10H2,1-2H3. The summed E-state index contributed by atoms with van der Waals surface area (Å²) in [7, 11) is 0. The molecule has 3 aromatic rings. The van der Waals surface area contributed by atoms with Crippen LogP contribution in [0.5, 0.6) is 0 Å². The number of anilines is 1. The van der Waals surface area contributed by atoms with Crippen molar-refractivity contribution in [2.75, 3.05) is 5.32 Å². The summed E-state index contributed by atoms with van der Waals surface area (Å²) < 4.78 is 5.28. The number of benzene rings is 2. The van der Waals surface area contributed by atoms with Crippen LogP contribution in [0.1, 0.15) is 16.7 Å². The predicted octanol–water partition coefficient (Wildman–Crippen LogP) is 4.57. The number of oxazole rings is 1. The summed E-state index contributed by atoms with van der Waals surface area (Å²) in [5, 5.41) is 3.45. The lowest BCUT2D eigenvalue weighted by Gasteiger charge is -2.10. The average molecular weight is 278 g/mol. The number of nitrogens with zero attached hydrogens (tertiary/aromatic N) is 1. The summed E-state index contributed by atoms with van der Waals surface area (Å²) in [6.07, 6.45) is 3.17. The molecule has 21 heavy (non-hydrogen) atoms. The fourth-order valence-corrected chi connectivity index (χ4v) is 2.35. The van der Waals surface area contributed by atoms with E-state index in [-0.39, 0.29) is 0 Å². The van der Waals surface area contributed by atoms with Crippen LogP contribution in [0, 0.1) is 13.8 Å². The lowest BCUT2D eigenvalue weighted by molar-refractivity contribution is 0.572. The van der Waals surface area contributed by atoms with E-state index >= 15 is 0 Å². The van der Waals surface area contributed by atoms with E-state index in [4.69, 9.17) is 4.42 Å². The van der Waals surface area contributed by atoms with Crippen LogP contribution >= 0.6 is 0 Å². The monoisotopic (exact) mass is 278 g/mol. The summed E-state index contributed by atoms with van der Waals surface area (Å²) in [6, 6.07) is 14.7. The van der Waals surface area contributed by atoms with Crippen molar-refractivity contribution in [1.82, 2.24) is 4.98 Å². The molecule has 0 aliphatic heterocycles. The van der Waals surface area contributed by atoms with Crippen LogP contribution in [0.15, 0.2) is 59.5 Å². The summed E-state index contributed by atoms with van der Waals surface area (Å²) >= 11 is 0. The third-order valence-corrected chi connectivity index (χ3v) is 3.58. The molecule has 0 bridgehead atoms. The summed E-state index contributed by atoms with van der Waals surface area (Å²) in [6.45, 7) is 5.09. The average Bonchev–Trinajstić information content (AvgIpc) is 3.01. The first-order valence-corrected chi connectivity index (χ1v) is 7.01. The molecule has 3 nitrogen and oxygen atoms in total. The highest BCUT2D eigenvalue weighted by molar-refractivity contribution is 5.60. The number of aromatic nitrogens is 1. The van der Waals surface area contributed by atoms with Crippen LogP contribution in [0.3, 0.4) is 0 Å². The van der Waals surface area contributed by atoms with E-state index in [2.05, 4.69) is 54.5 Å². The first-order chi connectivity index (χ1) is 10.2. The van der Waals surface area contributed by atoms with E-state index in [1.807, 2.05) is 12.1 Å². The number of hydrogen-bond acceptors (Lipinski definition) is 3. The lowest BCUT2D eigenvalue weighted by Crippen LogP contribution is -2.01. The van der Waals surface area contributed by atoms with Crippen molar-refractivity contribution in [2.45, 2.75) is 20.4 Å². The second-order valence-electron chi connectivity index (χ2n) is 5.23. The second kappa shape index (κ2) is 5.83. The maximum atomic E-state index is 5.28. The normalized spacial score (nSPS) is 10.6. The summed E-state index contributed by atoms with van der Waals surface area (Å²) in [5.74, 6) is 0.788. The Morgan fingerprint density at radius 1 is 1.05 bits per heavy atom. The molecule has 0 amide bonds. The molecule has 3 heteroatoms. The minimum absolute atomic E-state index is 0.788. The Bertz CT molecular complexity index is 715. The molecule has 0 aliphatic carbocycles. The van der Waals surface area contributed by atoms with Gasteiger partial charge in [0.05, 0.1) is 6.20 Å². The highest BCUT2D eigenvalue weighted by Gasteiger charge is 2.02. The zero-order valence-electron chi connectivity index (χ0n) is 12.3. The third-order valence-electron chi connectivity index (χ3n) is 3.58. The van der Waals surface area contributed by atoms with Gasteiger partial charge in [-0.3, -0.25) is 0 Å². The lowest BCUT2D eigenvalue weighted by atomic mass is 10.1. The molecular weight excluding hydrogens is 260 g/mol. The zero-order valence-corrected chi connectivity index (χ0v) is 12.3. The Hall–Kier alpha value is -2.55. The van der Waals surface area contributed by atoms with Crippen LogP contribution in [-0.4, -0.2) is 4.98 Å². The van der Waals surface area contributed by atoms with Crippen molar-refractivity contribution in [2.24, 2.45) is 0 Å². The van der Waals surface area contributed by atoms with Gasteiger partial charge in [0.1, 0.15) is 0 Å². The SMILES string of the molecule is Cc1ccc(CNc2ccc(-c3cnco3)cc2)c(C)c1. The van der Waals surface area contributed by atoms with E-state index in [1.165, 1.54) is 23.1 Å². The van der Waals surface area contributed by atoms with Crippen LogP contribution in [0.2, 0.25) is 0 Å². The molecule has 0 unspecified atom stereocenters. The van der Waals surface area contributed by atoms with E-state index in [0.717, 1.165) is 23.6 Å². The van der Waals surface area contributed by atoms with Crippen LogP contribution in [0.25, 0.3) is 11.3 Å². The van der Waals surface area contributed by atoms with Crippen molar-refractivity contribution in [1.29, 1.82) is 0 Å². The maximum Gasteiger partial charge on any atom is 0.181 e. The van der Waals surface area contributed by atoms with Gasteiger partial charge in [-0.1, -0.05) is 23.8 Å². The first-order valence-electron chi connectivity index (χ1n) is 7.01. The van der Waals surface area contributed by atoms with Crippen LogP contribution in [-0.2, 0) is 6.54 Å². The van der Waals surface area contributed by atoms with Crippen molar-refractivity contribution < 1.29 is 4.42 Å². The summed E-state index contributed by atoms with van der Waals surface area (Å²) in [4.78, 5) is 3.93. The van der Waals surface area contributed by atoms with E-state index in [1.54, 1.807) is 6.20 Å². The molecule has 0 spiro atoms. The number of nitrogens with one attached hydrogen (secondary N) is 1. The molecule has 0 aliphatic rings. The molecule has 106 valence electrons. The highest BCUT2D eigenvalue weighted by atomic mass is 16.3. The maximum absolute atomic E-state index is 5.28. The molecule has 0 saturated heterocycles. The van der Waals surface area contributed by atoms with Crippen LogP contribution < -0.4 is 5.32 Å². The molecule has 1 heterocycles. The third kappa shape index (κ3) is 3.14. The van der Waals surface area contributed by atoms with Gasteiger partial charge in [-0.2, -0.15) is 0 Å². The first kappa shape index (κ1) is 13.4. The van der Waals surface area contributed by atoms with Gasteiger partial charge in [0, 0.05) is 17.8 Å². The Morgan fingerprint density at radius 3 is 2.52 bits per heavy atom. The molecule has 0 radical (unpaired) electrons. The van der Waals surface area contributed by atoms with Gasteiger partial charge in [0.15, 0.2) is 12.2 Å². The van der Waals surface area contributed by atoms with Gasteiger partial charge in [0.25, 0.3) is 0 Å². The second-order valence-corrected chi connectivity index (χ2v) is 5.23. The minimum atomic E-state index is 0.788. The van der Waals surface area contributed by atoms with Gasteiger partial charge in [-0.15, -0.1) is 0 Å². The van der Waals surface area contributed by atoms with Gasteiger partial charge in [-0.25, -0.2) is 4.98 Å². The number of aryl methyl sites for hydroxylation is 2. The van der Waals surface area contributed by atoms with E-state index < -0.39 is 0 Å². The van der Waals surface area contributed by atoms with Crippen molar-refractivity contribution >= 4 is 5.69 Å². The Kier molecular flexibility index (Phi) is 3.73. The zero-order chi connectivity index (χ0) is 14.7. The quantitative estimate of drug-likeness (QED) is 0.759. The molecule has 1 N–H and O–H groups in total. The van der Waals surface area contributed by atoms with E-state index in [9.17, 15) is 0 Å². The molecule has 0 saturated carbocycles. The topological polar surface area (TPSA) is 38.1 Å². The van der Waals surface area contributed by atoms with Gasteiger partial charge >= 0.3 is 0 Å². The summed E-state index contributed by atoms with van der Waals surface area (Å²) in [5.41, 5.74) is 6.07. The molecule has 1 aromatic heterocycles. The Labute approximate surface area is 124 Å². The number of rotatable bonds is 4. The fourth-order valence-electron chi connectivity index (χ4n) is 2.35. The van der Waals surface area contributed by atoms with Gasteiger partial charge in [0.2, 0.25) is 0 Å². The molecule has 0 atom stereocenters.